The van der Waals surface area contributed by atoms with Crippen LogP contribution in [0.3, 0.4) is 0 Å². The third kappa shape index (κ3) is 3.73. The molecule has 0 bridgehead atoms. The molecule has 0 saturated carbocycles. The quantitative estimate of drug-likeness (QED) is 0.857. The summed E-state index contributed by atoms with van der Waals surface area (Å²) >= 11 is 0. The topological polar surface area (TPSA) is 12.0 Å². The van der Waals surface area contributed by atoms with Gasteiger partial charge in [0.25, 0.3) is 0 Å². The number of likely N-dealkylation sites (N-methyl/N-ethyl adjacent to an activating group) is 1. The van der Waals surface area contributed by atoms with E-state index >= 15 is 0 Å². The zero-order chi connectivity index (χ0) is 13.1. The Hall–Kier alpha value is -1.03. The van der Waals surface area contributed by atoms with Crippen molar-refractivity contribution < 1.29 is 13.2 Å². The molecule has 0 saturated heterocycles. The van der Waals surface area contributed by atoms with Crippen LogP contribution in [0.4, 0.5) is 13.2 Å². The molecular weight excluding hydrogens is 227 g/mol. The Balaban J connectivity index is 2.94. The summed E-state index contributed by atoms with van der Waals surface area (Å²) < 4.78 is 38.4. The maximum absolute atomic E-state index is 12.8. The Kier molecular flexibility index (Phi) is 4.57. The summed E-state index contributed by atoms with van der Waals surface area (Å²) in [7, 11) is 0. The molecule has 1 N–H and O–H groups in total. The normalized spacial score (nSPS) is 13.8. The first-order chi connectivity index (χ1) is 7.86. The summed E-state index contributed by atoms with van der Waals surface area (Å²) in [4.78, 5) is 0. The summed E-state index contributed by atoms with van der Waals surface area (Å²) in [5, 5.41) is 2.50. The van der Waals surface area contributed by atoms with Crippen LogP contribution in [-0.4, -0.2) is 18.8 Å². The molecule has 0 aliphatic heterocycles. The first-order valence-corrected chi connectivity index (χ1v) is 5.71. The lowest BCUT2D eigenvalue weighted by molar-refractivity contribution is -0.155. The van der Waals surface area contributed by atoms with Crippen LogP contribution >= 0.6 is 0 Å². The van der Waals surface area contributed by atoms with Crippen LogP contribution in [-0.2, 0) is 6.42 Å². The monoisotopic (exact) mass is 245 g/mol. The molecule has 1 aromatic rings. The van der Waals surface area contributed by atoms with E-state index in [2.05, 4.69) is 5.32 Å². The van der Waals surface area contributed by atoms with Crippen molar-refractivity contribution >= 4 is 0 Å². The van der Waals surface area contributed by atoms with Gasteiger partial charge in [-0.1, -0.05) is 25.1 Å². The van der Waals surface area contributed by atoms with Crippen LogP contribution in [0.15, 0.2) is 18.2 Å². The minimum atomic E-state index is -4.20. The van der Waals surface area contributed by atoms with Crippen LogP contribution in [0.25, 0.3) is 0 Å². The Bertz CT molecular complexity index is 351. The van der Waals surface area contributed by atoms with Gasteiger partial charge in [-0.25, -0.2) is 0 Å². The molecule has 1 rings (SSSR count). The molecule has 0 spiro atoms. The Morgan fingerprint density at radius 2 is 1.71 bits per heavy atom. The van der Waals surface area contributed by atoms with Crippen LogP contribution in [0.2, 0.25) is 0 Å². The average Bonchev–Trinajstić information content (AvgIpc) is 2.20. The summed E-state index contributed by atoms with van der Waals surface area (Å²) in [6, 6.07) is 4.10. The Morgan fingerprint density at radius 3 is 2.12 bits per heavy atom. The molecule has 0 aliphatic carbocycles. The third-order valence-corrected chi connectivity index (χ3v) is 2.90. The van der Waals surface area contributed by atoms with Gasteiger partial charge >= 0.3 is 6.18 Å². The van der Waals surface area contributed by atoms with E-state index in [0.717, 1.165) is 16.7 Å². The lowest BCUT2D eigenvalue weighted by Gasteiger charge is -2.22. The van der Waals surface area contributed by atoms with Crippen LogP contribution in [0.5, 0.6) is 0 Å². The first kappa shape index (κ1) is 14.0. The lowest BCUT2D eigenvalue weighted by Crippen LogP contribution is -2.44. The molecule has 0 heterocycles. The molecule has 0 fully saturated rings. The van der Waals surface area contributed by atoms with Crippen LogP contribution in [0.1, 0.15) is 23.6 Å². The number of rotatable bonds is 4. The number of nitrogens with one attached hydrogen (secondary N) is 1. The van der Waals surface area contributed by atoms with Gasteiger partial charge in [0.1, 0.15) is 6.04 Å². The summed E-state index contributed by atoms with van der Waals surface area (Å²) in [6.07, 6.45) is -4.21. The predicted molar refractivity (Wildman–Crippen MR) is 63.1 cm³/mol. The van der Waals surface area contributed by atoms with Crippen molar-refractivity contribution in [2.45, 2.75) is 39.4 Å². The van der Waals surface area contributed by atoms with E-state index in [1.807, 2.05) is 32.0 Å². The van der Waals surface area contributed by atoms with Gasteiger partial charge in [0.2, 0.25) is 0 Å². The van der Waals surface area contributed by atoms with Gasteiger partial charge < -0.3 is 5.32 Å². The molecule has 1 aromatic carbocycles. The number of aryl methyl sites for hydroxylation is 2. The van der Waals surface area contributed by atoms with E-state index in [9.17, 15) is 13.2 Å². The van der Waals surface area contributed by atoms with Gasteiger partial charge in [0.15, 0.2) is 0 Å². The zero-order valence-corrected chi connectivity index (χ0v) is 10.4. The van der Waals surface area contributed by atoms with Gasteiger partial charge in [-0.3, -0.25) is 0 Å². The molecule has 0 aliphatic rings. The standard InChI is InChI=1S/C13H18F3N/c1-4-17-12(13(14,15)16)8-11-9(2)6-5-7-10(11)3/h5-7,12,17H,4,8H2,1-3H3. The molecule has 0 aromatic heterocycles. The van der Waals surface area contributed by atoms with Gasteiger partial charge in [-0.15, -0.1) is 0 Å². The van der Waals surface area contributed by atoms with E-state index in [4.69, 9.17) is 0 Å². The van der Waals surface area contributed by atoms with Crippen molar-refractivity contribution in [3.05, 3.63) is 34.9 Å². The molecule has 1 nitrogen and oxygen atoms in total. The van der Waals surface area contributed by atoms with Crippen LogP contribution < -0.4 is 5.32 Å². The third-order valence-electron chi connectivity index (χ3n) is 2.90. The molecule has 1 unspecified atom stereocenters. The van der Waals surface area contributed by atoms with Crippen molar-refractivity contribution in [2.24, 2.45) is 0 Å². The van der Waals surface area contributed by atoms with E-state index in [1.54, 1.807) is 6.92 Å². The fourth-order valence-electron chi connectivity index (χ4n) is 1.93. The second kappa shape index (κ2) is 5.54. The highest BCUT2D eigenvalue weighted by atomic mass is 19.4. The molecule has 4 heteroatoms. The van der Waals surface area contributed by atoms with Crippen molar-refractivity contribution in [1.82, 2.24) is 5.32 Å². The molecule has 1 atom stereocenters. The van der Waals surface area contributed by atoms with Gasteiger partial charge in [0, 0.05) is 0 Å². The maximum Gasteiger partial charge on any atom is 0.404 e. The smallest absolute Gasteiger partial charge is 0.306 e. The molecular formula is C13H18F3N. The summed E-state index contributed by atoms with van der Waals surface area (Å²) in [5.41, 5.74) is 2.62. The van der Waals surface area contributed by atoms with Gasteiger partial charge in [-0.2, -0.15) is 13.2 Å². The fourth-order valence-corrected chi connectivity index (χ4v) is 1.93. The SMILES string of the molecule is CCNC(Cc1c(C)cccc1C)C(F)(F)F. The molecule has 96 valence electrons. The summed E-state index contributed by atoms with van der Waals surface area (Å²) in [5.74, 6) is 0. The number of hydrogen-bond acceptors (Lipinski definition) is 1. The fraction of sp³-hybridized carbons (Fsp3) is 0.538. The highest BCUT2D eigenvalue weighted by Crippen LogP contribution is 2.25. The van der Waals surface area contributed by atoms with Crippen molar-refractivity contribution in [3.63, 3.8) is 0 Å². The van der Waals surface area contributed by atoms with Crippen molar-refractivity contribution in [3.8, 4) is 0 Å². The zero-order valence-electron chi connectivity index (χ0n) is 10.4. The van der Waals surface area contributed by atoms with E-state index in [1.165, 1.54) is 0 Å². The Morgan fingerprint density at radius 1 is 1.18 bits per heavy atom. The first-order valence-electron chi connectivity index (χ1n) is 5.71. The highest BCUT2D eigenvalue weighted by molar-refractivity contribution is 5.34. The summed E-state index contributed by atoms with van der Waals surface area (Å²) in [6.45, 7) is 5.70. The minimum Gasteiger partial charge on any atom is -0.306 e. The number of alkyl halides is 3. The van der Waals surface area contributed by atoms with E-state index < -0.39 is 12.2 Å². The van der Waals surface area contributed by atoms with E-state index in [-0.39, 0.29) is 6.42 Å². The predicted octanol–water partition coefficient (Wildman–Crippen LogP) is 3.39. The Labute approximate surface area is 100 Å². The second-order valence-corrected chi connectivity index (χ2v) is 4.23. The molecule has 0 amide bonds. The van der Waals surface area contributed by atoms with Gasteiger partial charge in [0.05, 0.1) is 0 Å². The largest absolute Gasteiger partial charge is 0.404 e. The highest BCUT2D eigenvalue weighted by Gasteiger charge is 2.39. The second-order valence-electron chi connectivity index (χ2n) is 4.23. The number of benzene rings is 1. The van der Waals surface area contributed by atoms with E-state index in [0.29, 0.717) is 6.54 Å². The minimum absolute atomic E-state index is 0.00412. The number of halogens is 3. The van der Waals surface area contributed by atoms with Crippen LogP contribution in [0, 0.1) is 13.8 Å². The van der Waals surface area contributed by atoms with Crippen molar-refractivity contribution in [2.75, 3.05) is 6.54 Å². The lowest BCUT2D eigenvalue weighted by atomic mass is 9.96. The average molecular weight is 245 g/mol. The van der Waals surface area contributed by atoms with Crippen molar-refractivity contribution in [1.29, 1.82) is 0 Å². The molecule has 0 radical (unpaired) electrons. The maximum atomic E-state index is 12.8. The van der Waals surface area contributed by atoms with Gasteiger partial charge in [-0.05, 0) is 43.5 Å². The number of hydrogen-bond donors (Lipinski definition) is 1. The molecule has 17 heavy (non-hydrogen) atoms.